The summed E-state index contributed by atoms with van der Waals surface area (Å²) in [5.41, 5.74) is 2.29. The average molecular weight is 321 g/mol. The quantitative estimate of drug-likeness (QED) is 0.396. The molecule has 0 aliphatic rings. The third kappa shape index (κ3) is 3.17. The van der Waals surface area contributed by atoms with E-state index >= 15 is 0 Å². The Labute approximate surface area is 129 Å². The second-order valence-electron chi connectivity index (χ2n) is 4.31. The van der Waals surface area contributed by atoms with Crippen LogP contribution in [0.1, 0.15) is 5.56 Å². The number of nitro groups is 1. The van der Waals surface area contributed by atoms with Crippen molar-refractivity contribution in [3.63, 3.8) is 0 Å². The lowest BCUT2D eigenvalue weighted by atomic mass is 10.2. The number of nitro benzene ring substituents is 1. The minimum absolute atomic E-state index is 0.0810. The van der Waals surface area contributed by atoms with Gasteiger partial charge in [-0.25, -0.2) is 4.98 Å². The zero-order valence-corrected chi connectivity index (χ0v) is 12.2. The molecule has 1 heterocycles. The fourth-order valence-electron chi connectivity index (χ4n) is 1.85. The summed E-state index contributed by atoms with van der Waals surface area (Å²) in [6.45, 7) is 0. The molecule has 0 amide bonds. The number of aromatic nitrogens is 1. The van der Waals surface area contributed by atoms with E-state index in [1.807, 2.05) is 6.07 Å². The number of oxazole rings is 1. The molecule has 2 aromatic carbocycles. The number of hydrogen-bond acceptors (Lipinski definition) is 5. The highest BCUT2D eigenvalue weighted by Gasteiger charge is 2.09. The SMILES string of the molecule is O=[N+]([O-])c1cccc(CSc2nc3cc(Cl)ccc3o2)c1. The van der Waals surface area contributed by atoms with Crippen molar-refractivity contribution in [2.45, 2.75) is 11.0 Å². The Hall–Kier alpha value is -2.05. The Balaban J connectivity index is 1.77. The summed E-state index contributed by atoms with van der Waals surface area (Å²) in [5.74, 6) is 0.544. The van der Waals surface area contributed by atoms with Crippen molar-refractivity contribution in [2.24, 2.45) is 0 Å². The molecule has 5 nitrogen and oxygen atoms in total. The van der Waals surface area contributed by atoms with Gasteiger partial charge in [-0.3, -0.25) is 10.1 Å². The van der Waals surface area contributed by atoms with Gasteiger partial charge in [0.25, 0.3) is 10.9 Å². The summed E-state index contributed by atoms with van der Waals surface area (Å²) in [6, 6.07) is 11.8. The molecule has 0 saturated carbocycles. The highest BCUT2D eigenvalue weighted by atomic mass is 35.5. The van der Waals surface area contributed by atoms with Gasteiger partial charge in [-0.2, -0.15) is 0 Å². The van der Waals surface area contributed by atoms with Crippen molar-refractivity contribution in [1.82, 2.24) is 4.98 Å². The molecule has 0 saturated heterocycles. The van der Waals surface area contributed by atoms with E-state index < -0.39 is 4.92 Å². The lowest BCUT2D eigenvalue weighted by Crippen LogP contribution is -1.89. The van der Waals surface area contributed by atoms with Gasteiger partial charge in [0, 0.05) is 22.9 Å². The van der Waals surface area contributed by atoms with Gasteiger partial charge >= 0.3 is 0 Å². The van der Waals surface area contributed by atoms with E-state index in [0.717, 1.165) is 5.56 Å². The smallest absolute Gasteiger partial charge is 0.269 e. The first-order chi connectivity index (χ1) is 10.1. The summed E-state index contributed by atoms with van der Waals surface area (Å²) in [5, 5.41) is 11.8. The Morgan fingerprint density at radius 3 is 2.95 bits per heavy atom. The maximum absolute atomic E-state index is 10.7. The van der Waals surface area contributed by atoms with Crippen LogP contribution in [0.3, 0.4) is 0 Å². The second kappa shape index (κ2) is 5.75. The largest absolute Gasteiger partial charge is 0.431 e. The first-order valence-corrected chi connectivity index (χ1v) is 7.40. The fraction of sp³-hybridized carbons (Fsp3) is 0.0714. The third-order valence-electron chi connectivity index (χ3n) is 2.81. The fourth-order valence-corrected chi connectivity index (χ4v) is 2.79. The molecule has 0 aliphatic carbocycles. The zero-order chi connectivity index (χ0) is 14.8. The number of thioether (sulfide) groups is 1. The normalized spacial score (nSPS) is 10.9. The van der Waals surface area contributed by atoms with Crippen LogP contribution in [0.4, 0.5) is 5.69 Å². The molecule has 0 aliphatic heterocycles. The maximum atomic E-state index is 10.7. The van der Waals surface area contributed by atoms with E-state index in [-0.39, 0.29) is 5.69 Å². The van der Waals surface area contributed by atoms with E-state index in [1.54, 1.807) is 30.3 Å². The number of nitrogens with zero attached hydrogens (tertiary/aromatic N) is 2. The van der Waals surface area contributed by atoms with Crippen molar-refractivity contribution < 1.29 is 9.34 Å². The molecule has 0 unspecified atom stereocenters. The van der Waals surface area contributed by atoms with Crippen LogP contribution < -0.4 is 0 Å². The summed E-state index contributed by atoms with van der Waals surface area (Å²) < 4.78 is 5.58. The Kier molecular flexibility index (Phi) is 3.81. The Morgan fingerprint density at radius 2 is 2.14 bits per heavy atom. The Bertz CT molecular complexity index is 819. The molecule has 3 rings (SSSR count). The van der Waals surface area contributed by atoms with Gasteiger partial charge in [0.05, 0.1) is 4.92 Å². The van der Waals surface area contributed by atoms with Crippen molar-refractivity contribution in [3.05, 3.63) is 63.2 Å². The van der Waals surface area contributed by atoms with Crippen molar-refractivity contribution in [2.75, 3.05) is 0 Å². The topological polar surface area (TPSA) is 69.2 Å². The molecule has 0 radical (unpaired) electrons. The second-order valence-corrected chi connectivity index (χ2v) is 5.67. The predicted molar refractivity (Wildman–Crippen MR) is 81.7 cm³/mol. The van der Waals surface area contributed by atoms with Crippen LogP contribution in [-0.4, -0.2) is 9.91 Å². The molecule has 0 bridgehead atoms. The van der Waals surface area contributed by atoms with Gasteiger partial charge < -0.3 is 4.42 Å². The van der Waals surface area contributed by atoms with Gasteiger partial charge in [-0.15, -0.1) is 0 Å². The van der Waals surface area contributed by atoms with Gasteiger partial charge in [0.1, 0.15) is 5.52 Å². The molecule has 21 heavy (non-hydrogen) atoms. The number of benzene rings is 2. The number of hydrogen-bond donors (Lipinski definition) is 0. The van der Waals surface area contributed by atoms with Crippen molar-refractivity contribution >= 4 is 40.1 Å². The van der Waals surface area contributed by atoms with Crippen LogP contribution in [-0.2, 0) is 5.75 Å². The van der Waals surface area contributed by atoms with E-state index in [1.165, 1.54) is 17.8 Å². The van der Waals surface area contributed by atoms with Crippen LogP contribution in [0.2, 0.25) is 5.02 Å². The van der Waals surface area contributed by atoms with Crippen LogP contribution in [0.15, 0.2) is 52.1 Å². The van der Waals surface area contributed by atoms with Gasteiger partial charge in [-0.1, -0.05) is 35.5 Å². The number of non-ortho nitro benzene ring substituents is 1. The van der Waals surface area contributed by atoms with Gasteiger partial charge in [0.2, 0.25) is 0 Å². The standard InChI is InChI=1S/C14H9ClN2O3S/c15-10-4-5-13-12(7-10)16-14(20-13)21-8-9-2-1-3-11(6-9)17(18)19/h1-7H,8H2. The Morgan fingerprint density at radius 1 is 1.29 bits per heavy atom. The summed E-state index contributed by atoms with van der Waals surface area (Å²) in [7, 11) is 0. The van der Waals surface area contributed by atoms with E-state index in [2.05, 4.69) is 4.98 Å². The molecule has 0 fully saturated rings. The molecule has 1 aromatic heterocycles. The minimum Gasteiger partial charge on any atom is -0.431 e. The predicted octanol–water partition coefficient (Wildman–Crippen LogP) is 4.68. The van der Waals surface area contributed by atoms with E-state index in [4.69, 9.17) is 16.0 Å². The van der Waals surface area contributed by atoms with Crippen molar-refractivity contribution in [3.8, 4) is 0 Å². The molecule has 7 heteroatoms. The minimum atomic E-state index is -0.407. The van der Waals surface area contributed by atoms with Crippen molar-refractivity contribution in [1.29, 1.82) is 0 Å². The van der Waals surface area contributed by atoms with Gasteiger partial charge in [-0.05, 0) is 23.8 Å². The highest BCUT2D eigenvalue weighted by Crippen LogP contribution is 2.28. The van der Waals surface area contributed by atoms with Gasteiger partial charge in [0.15, 0.2) is 5.58 Å². The molecule has 106 valence electrons. The third-order valence-corrected chi connectivity index (χ3v) is 3.95. The van der Waals surface area contributed by atoms with Crippen LogP contribution in [0.5, 0.6) is 0 Å². The van der Waals surface area contributed by atoms with Crippen LogP contribution >= 0.6 is 23.4 Å². The number of halogens is 1. The number of fused-ring (bicyclic) bond motifs is 1. The lowest BCUT2D eigenvalue weighted by Gasteiger charge is -1.98. The van der Waals surface area contributed by atoms with E-state index in [9.17, 15) is 10.1 Å². The lowest BCUT2D eigenvalue weighted by molar-refractivity contribution is -0.384. The van der Waals surface area contributed by atoms with E-state index in [0.29, 0.717) is 27.1 Å². The molecule has 0 N–H and O–H groups in total. The molecule has 3 aromatic rings. The first kappa shape index (κ1) is 13.9. The van der Waals surface area contributed by atoms with Crippen LogP contribution in [0.25, 0.3) is 11.1 Å². The highest BCUT2D eigenvalue weighted by molar-refractivity contribution is 7.98. The molecular formula is C14H9ClN2O3S. The monoisotopic (exact) mass is 320 g/mol. The summed E-state index contributed by atoms with van der Waals surface area (Å²) in [6.07, 6.45) is 0. The number of rotatable bonds is 4. The average Bonchev–Trinajstić information content (AvgIpc) is 2.87. The zero-order valence-electron chi connectivity index (χ0n) is 10.7. The molecule has 0 spiro atoms. The molecule has 0 atom stereocenters. The summed E-state index contributed by atoms with van der Waals surface area (Å²) in [4.78, 5) is 14.6. The maximum Gasteiger partial charge on any atom is 0.269 e. The summed E-state index contributed by atoms with van der Waals surface area (Å²) >= 11 is 7.28. The van der Waals surface area contributed by atoms with Crippen LogP contribution in [0, 0.1) is 10.1 Å². The molecular weight excluding hydrogens is 312 g/mol. The first-order valence-electron chi connectivity index (χ1n) is 6.04.